The monoisotopic (exact) mass is 326 g/mol. The Balaban J connectivity index is 2.32. The van der Waals surface area contributed by atoms with E-state index in [-0.39, 0.29) is 22.9 Å². The van der Waals surface area contributed by atoms with E-state index < -0.39 is 17.4 Å². The van der Waals surface area contributed by atoms with E-state index in [9.17, 15) is 19.2 Å². The molecule has 0 atom stereocenters. The number of hydrogen-bond donors (Lipinski definition) is 3. The second-order valence-corrected chi connectivity index (χ2v) is 5.30. The molecule has 3 rings (SSSR count). The number of anilines is 1. The summed E-state index contributed by atoms with van der Waals surface area (Å²) in [5, 5.41) is 4.63. The van der Waals surface area contributed by atoms with Crippen LogP contribution in [0.2, 0.25) is 0 Å². The van der Waals surface area contributed by atoms with Crippen LogP contribution in [0, 0.1) is 6.92 Å². The molecule has 3 amide bonds. The summed E-state index contributed by atoms with van der Waals surface area (Å²) in [5.41, 5.74) is 6.62. The number of fused-ring (bicyclic) bond motifs is 1. The number of carbonyl (C=O) groups is 3. The van der Waals surface area contributed by atoms with Gasteiger partial charge in [0, 0.05) is 18.7 Å². The average Bonchev–Trinajstić information content (AvgIpc) is 2.82. The predicted octanol–water partition coefficient (Wildman–Crippen LogP) is -0.0287. The normalized spacial score (nSPS) is 12.8. The van der Waals surface area contributed by atoms with E-state index in [4.69, 9.17) is 5.73 Å². The summed E-state index contributed by atoms with van der Waals surface area (Å²) in [4.78, 5) is 48.0. The molecular formula is C16H14N4O4. The van der Waals surface area contributed by atoms with Crippen molar-refractivity contribution in [3.05, 3.63) is 56.9 Å². The number of pyridine rings is 1. The molecule has 0 aliphatic carbocycles. The molecule has 8 heteroatoms. The minimum Gasteiger partial charge on any atom is -0.384 e. The number of aromatic nitrogens is 1. The van der Waals surface area contributed by atoms with Gasteiger partial charge in [0.1, 0.15) is 5.82 Å². The molecule has 1 aromatic carbocycles. The first-order chi connectivity index (χ1) is 11.4. The highest BCUT2D eigenvalue weighted by atomic mass is 16.2. The van der Waals surface area contributed by atoms with E-state index in [1.54, 1.807) is 25.1 Å². The average molecular weight is 326 g/mol. The number of nitrogens with two attached hydrogens (primary N) is 1. The zero-order valence-electron chi connectivity index (χ0n) is 13.0. The lowest BCUT2D eigenvalue weighted by atomic mass is 10.0. The van der Waals surface area contributed by atoms with Crippen molar-refractivity contribution in [2.45, 2.75) is 6.92 Å². The molecular weight excluding hydrogens is 312 g/mol. The van der Waals surface area contributed by atoms with Gasteiger partial charge in [-0.3, -0.25) is 29.1 Å². The third-order valence-corrected chi connectivity index (χ3v) is 3.97. The molecule has 8 nitrogen and oxygen atoms in total. The topological polar surface area (TPSA) is 123 Å². The van der Waals surface area contributed by atoms with Gasteiger partial charge in [-0.1, -0.05) is 6.07 Å². The Bertz CT molecular complexity index is 975. The Kier molecular flexibility index (Phi) is 3.44. The number of rotatable bonds is 2. The second kappa shape index (κ2) is 5.34. The van der Waals surface area contributed by atoms with Crippen molar-refractivity contribution >= 4 is 23.5 Å². The van der Waals surface area contributed by atoms with Crippen LogP contribution in [-0.2, 0) is 0 Å². The summed E-state index contributed by atoms with van der Waals surface area (Å²) in [6.45, 7) is 1.67. The minimum atomic E-state index is -0.652. The number of nitrogens with one attached hydrogen (secondary N) is 2. The van der Waals surface area contributed by atoms with Crippen LogP contribution in [0.3, 0.4) is 0 Å². The van der Waals surface area contributed by atoms with Crippen molar-refractivity contribution in [2.75, 3.05) is 12.8 Å². The molecule has 122 valence electrons. The number of hydrogen-bond acceptors (Lipinski definition) is 5. The molecule has 0 spiro atoms. The van der Waals surface area contributed by atoms with Gasteiger partial charge in [-0.15, -0.1) is 0 Å². The number of imide groups is 1. The Morgan fingerprint density at radius 1 is 1.21 bits per heavy atom. The first-order valence-corrected chi connectivity index (χ1v) is 7.10. The minimum absolute atomic E-state index is 0.0376. The first kappa shape index (κ1) is 15.5. The molecule has 0 saturated heterocycles. The molecule has 0 unspecified atom stereocenters. The van der Waals surface area contributed by atoms with Crippen LogP contribution >= 0.6 is 0 Å². The lowest BCUT2D eigenvalue weighted by Gasteiger charge is -2.16. The zero-order chi connectivity index (χ0) is 17.6. The Morgan fingerprint density at radius 2 is 1.92 bits per heavy atom. The number of benzene rings is 1. The SMILES string of the molecule is CNC(=O)c1cccc(-n2c(N)c3c(cc2=O)C(=O)NC3=O)c1C. The lowest BCUT2D eigenvalue weighted by molar-refractivity contribution is 0.0878. The van der Waals surface area contributed by atoms with Gasteiger partial charge in [-0.05, 0) is 24.6 Å². The van der Waals surface area contributed by atoms with Crippen LogP contribution in [0.1, 0.15) is 36.6 Å². The third kappa shape index (κ3) is 2.08. The van der Waals surface area contributed by atoms with Crippen molar-refractivity contribution < 1.29 is 14.4 Å². The van der Waals surface area contributed by atoms with Gasteiger partial charge in [0.2, 0.25) is 0 Å². The summed E-state index contributed by atoms with van der Waals surface area (Å²) in [7, 11) is 1.50. The number of nitrogens with zero attached hydrogens (tertiary/aromatic N) is 1. The second-order valence-electron chi connectivity index (χ2n) is 5.30. The maximum absolute atomic E-state index is 12.4. The number of carbonyl (C=O) groups excluding carboxylic acids is 3. The smallest absolute Gasteiger partial charge is 0.262 e. The molecule has 0 bridgehead atoms. The van der Waals surface area contributed by atoms with Crippen LogP contribution in [0.4, 0.5) is 5.82 Å². The Hall–Kier alpha value is -3.42. The first-order valence-electron chi connectivity index (χ1n) is 7.10. The van der Waals surface area contributed by atoms with E-state index in [0.29, 0.717) is 16.8 Å². The molecule has 24 heavy (non-hydrogen) atoms. The largest absolute Gasteiger partial charge is 0.384 e. The van der Waals surface area contributed by atoms with E-state index in [1.165, 1.54) is 7.05 Å². The van der Waals surface area contributed by atoms with E-state index in [1.807, 2.05) is 0 Å². The van der Waals surface area contributed by atoms with Gasteiger partial charge in [-0.2, -0.15) is 0 Å². The van der Waals surface area contributed by atoms with E-state index >= 15 is 0 Å². The summed E-state index contributed by atoms with van der Waals surface area (Å²) in [6, 6.07) is 5.90. The van der Waals surface area contributed by atoms with E-state index in [2.05, 4.69) is 10.6 Å². The molecule has 2 heterocycles. The predicted molar refractivity (Wildman–Crippen MR) is 86.4 cm³/mol. The quantitative estimate of drug-likeness (QED) is 0.669. The highest BCUT2D eigenvalue weighted by Gasteiger charge is 2.32. The molecule has 4 N–H and O–H groups in total. The van der Waals surface area contributed by atoms with Gasteiger partial charge in [0.05, 0.1) is 16.8 Å². The maximum atomic E-state index is 12.4. The fraction of sp³-hybridized carbons (Fsp3) is 0.125. The highest BCUT2D eigenvalue weighted by Crippen LogP contribution is 2.25. The molecule has 2 aromatic rings. The van der Waals surface area contributed by atoms with Crippen molar-refractivity contribution in [1.82, 2.24) is 15.2 Å². The summed E-state index contributed by atoms with van der Waals surface area (Å²) in [6.07, 6.45) is 0. The molecule has 1 aromatic heterocycles. The van der Waals surface area contributed by atoms with Gasteiger partial charge in [0.15, 0.2) is 0 Å². The van der Waals surface area contributed by atoms with Crippen molar-refractivity contribution in [1.29, 1.82) is 0 Å². The Labute approximate surface area is 136 Å². The van der Waals surface area contributed by atoms with Gasteiger partial charge in [0.25, 0.3) is 23.3 Å². The highest BCUT2D eigenvalue weighted by molar-refractivity contribution is 6.23. The van der Waals surface area contributed by atoms with Crippen molar-refractivity contribution in [3.63, 3.8) is 0 Å². The lowest BCUT2D eigenvalue weighted by Crippen LogP contribution is -2.26. The Morgan fingerprint density at radius 3 is 2.58 bits per heavy atom. The molecule has 0 saturated carbocycles. The van der Waals surface area contributed by atoms with Crippen LogP contribution in [0.5, 0.6) is 0 Å². The van der Waals surface area contributed by atoms with Crippen molar-refractivity contribution in [2.24, 2.45) is 0 Å². The van der Waals surface area contributed by atoms with Crippen LogP contribution in [0.15, 0.2) is 29.1 Å². The van der Waals surface area contributed by atoms with Crippen LogP contribution < -0.4 is 21.9 Å². The van der Waals surface area contributed by atoms with Gasteiger partial charge < -0.3 is 11.1 Å². The number of amides is 3. The fourth-order valence-electron chi connectivity index (χ4n) is 2.77. The molecule has 1 aliphatic heterocycles. The summed E-state index contributed by atoms with van der Waals surface area (Å²) >= 11 is 0. The summed E-state index contributed by atoms with van der Waals surface area (Å²) < 4.78 is 1.12. The molecule has 0 fully saturated rings. The van der Waals surface area contributed by atoms with Gasteiger partial charge >= 0.3 is 0 Å². The maximum Gasteiger partial charge on any atom is 0.262 e. The number of nitrogen functional groups attached to an aromatic ring is 1. The molecule has 1 aliphatic rings. The fourth-order valence-corrected chi connectivity index (χ4v) is 2.77. The van der Waals surface area contributed by atoms with Crippen LogP contribution in [-0.4, -0.2) is 29.3 Å². The standard InChI is InChI=1S/C16H14N4O4/c1-7-8(14(22)18-2)4-3-5-10(7)20-11(21)6-9-12(13(20)17)16(24)19-15(9)23/h3-6H,17H2,1-2H3,(H,18,22)(H,19,23,24). The van der Waals surface area contributed by atoms with Crippen LogP contribution in [0.25, 0.3) is 5.69 Å². The van der Waals surface area contributed by atoms with Gasteiger partial charge in [-0.25, -0.2) is 0 Å². The van der Waals surface area contributed by atoms with E-state index in [0.717, 1.165) is 10.6 Å². The van der Waals surface area contributed by atoms with Crippen molar-refractivity contribution in [3.8, 4) is 5.69 Å². The zero-order valence-corrected chi connectivity index (χ0v) is 13.0. The summed E-state index contributed by atoms with van der Waals surface area (Å²) in [5.74, 6) is -1.75. The third-order valence-electron chi connectivity index (χ3n) is 3.97. The molecule has 0 radical (unpaired) electrons.